The average Bonchev–Trinajstić information content (AvgIpc) is 2.30. The van der Waals surface area contributed by atoms with E-state index in [9.17, 15) is 0 Å². The number of halogens is 1. The van der Waals surface area contributed by atoms with Crippen molar-refractivity contribution >= 4 is 24.2 Å². The Hall–Kier alpha value is -1.36. The predicted octanol–water partition coefficient (Wildman–Crippen LogP) is 1.39. The van der Waals surface area contributed by atoms with E-state index in [0.717, 1.165) is 11.1 Å². The molecule has 0 atom stereocenters. The van der Waals surface area contributed by atoms with Gasteiger partial charge in [0.05, 0.1) is 10.7 Å². The number of hydrogen-bond donors (Lipinski definition) is 2. The highest BCUT2D eigenvalue weighted by Crippen LogP contribution is 2.27. The summed E-state index contributed by atoms with van der Waals surface area (Å²) in [4.78, 5) is 4.18. The molecule has 0 bridgehead atoms. The number of aromatic nitrogens is 1. The van der Waals surface area contributed by atoms with Crippen molar-refractivity contribution in [1.82, 2.24) is 4.98 Å². The Morgan fingerprint density at radius 3 is 2.53 bits per heavy atom. The quantitative estimate of drug-likeness (QED) is 0.789. The first-order valence-corrected chi connectivity index (χ1v) is 5.55. The van der Waals surface area contributed by atoms with Gasteiger partial charge in [0.1, 0.15) is 0 Å². The molecule has 0 unspecified atom stereocenters. The molecule has 0 aliphatic rings. The average molecular weight is 247 g/mol. The fourth-order valence-corrected chi connectivity index (χ4v) is 1.91. The second-order valence-electron chi connectivity index (χ2n) is 3.79. The van der Waals surface area contributed by atoms with Crippen LogP contribution in [0.3, 0.4) is 0 Å². The van der Waals surface area contributed by atoms with Gasteiger partial charge in [-0.1, -0.05) is 35.9 Å². The highest BCUT2D eigenvalue weighted by atomic mass is 35.5. The van der Waals surface area contributed by atoms with E-state index >= 15 is 0 Å². The van der Waals surface area contributed by atoms with Crippen molar-refractivity contribution in [3.05, 3.63) is 47.1 Å². The molecule has 0 amide bonds. The monoisotopic (exact) mass is 247 g/mol. The van der Waals surface area contributed by atoms with E-state index in [1.54, 1.807) is 0 Å². The van der Waals surface area contributed by atoms with Crippen LogP contribution in [0.25, 0.3) is 11.3 Å². The van der Waals surface area contributed by atoms with Gasteiger partial charge in [-0.05, 0) is 18.6 Å². The lowest BCUT2D eigenvalue weighted by Crippen LogP contribution is -2.30. The molecule has 2 N–H and O–H groups in total. The van der Waals surface area contributed by atoms with E-state index in [0.29, 0.717) is 10.7 Å². The molecule has 1 aromatic carbocycles. The minimum absolute atomic E-state index is 0.285. The summed E-state index contributed by atoms with van der Waals surface area (Å²) in [5.74, 6) is 0. The van der Waals surface area contributed by atoms with E-state index in [1.165, 1.54) is 12.3 Å². The molecule has 0 spiro atoms. The molecule has 0 aliphatic heterocycles. The summed E-state index contributed by atoms with van der Waals surface area (Å²) in [6.07, 6.45) is 1.42. The molecule has 5 heteroatoms. The first-order valence-electron chi connectivity index (χ1n) is 5.17. The van der Waals surface area contributed by atoms with Crippen molar-refractivity contribution < 1.29 is 10.0 Å². The molecular weight excluding hydrogens is 236 g/mol. The molecule has 0 aliphatic carbocycles. The number of rotatable bonds is 2. The minimum Gasteiger partial charge on any atom is -0.423 e. The second kappa shape index (κ2) is 4.88. The lowest BCUT2D eigenvalue weighted by molar-refractivity contribution is 0.425. The Morgan fingerprint density at radius 2 is 1.94 bits per heavy atom. The van der Waals surface area contributed by atoms with Crippen LogP contribution in [0.1, 0.15) is 5.56 Å². The third-order valence-corrected chi connectivity index (χ3v) is 2.85. The van der Waals surface area contributed by atoms with E-state index in [1.807, 2.05) is 31.2 Å². The molecule has 0 saturated carbocycles. The lowest BCUT2D eigenvalue weighted by atomic mass is 9.81. The van der Waals surface area contributed by atoms with Gasteiger partial charge in [-0.25, -0.2) is 0 Å². The zero-order valence-electron chi connectivity index (χ0n) is 9.26. The number of nitrogens with zero attached hydrogens (tertiary/aromatic N) is 1. The van der Waals surface area contributed by atoms with E-state index < -0.39 is 7.12 Å². The molecule has 3 nitrogen and oxygen atoms in total. The third-order valence-electron chi connectivity index (χ3n) is 2.56. The van der Waals surface area contributed by atoms with Gasteiger partial charge in [-0.2, -0.15) is 0 Å². The summed E-state index contributed by atoms with van der Waals surface area (Å²) >= 11 is 6.10. The van der Waals surface area contributed by atoms with Crippen molar-refractivity contribution in [3.8, 4) is 11.3 Å². The molecule has 17 heavy (non-hydrogen) atoms. The van der Waals surface area contributed by atoms with Crippen molar-refractivity contribution in [2.45, 2.75) is 6.92 Å². The normalized spacial score (nSPS) is 10.4. The van der Waals surface area contributed by atoms with Gasteiger partial charge in [0.15, 0.2) is 0 Å². The van der Waals surface area contributed by atoms with E-state index in [-0.39, 0.29) is 5.46 Å². The van der Waals surface area contributed by atoms with Crippen molar-refractivity contribution in [1.29, 1.82) is 0 Å². The van der Waals surface area contributed by atoms with Crippen molar-refractivity contribution in [3.63, 3.8) is 0 Å². The molecule has 1 aromatic heterocycles. The van der Waals surface area contributed by atoms with E-state index in [4.69, 9.17) is 21.6 Å². The smallest absolute Gasteiger partial charge is 0.423 e. The van der Waals surface area contributed by atoms with E-state index in [2.05, 4.69) is 4.98 Å². The first-order chi connectivity index (χ1) is 8.09. The summed E-state index contributed by atoms with van der Waals surface area (Å²) in [5, 5.41) is 18.4. The first kappa shape index (κ1) is 12.1. The summed E-state index contributed by atoms with van der Waals surface area (Å²) in [6, 6.07) is 9.27. The zero-order valence-corrected chi connectivity index (χ0v) is 10.0. The number of benzene rings is 1. The molecule has 0 fully saturated rings. The summed E-state index contributed by atoms with van der Waals surface area (Å²) in [7, 11) is -1.55. The Morgan fingerprint density at radius 1 is 1.24 bits per heavy atom. The Kier molecular flexibility index (Phi) is 3.47. The minimum atomic E-state index is -1.55. The molecular formula is C12H11BClNO2. The predicted molar refractivity (Wildman–Crippen MR) is 69.2 cm³/mol. The van der Waals surface area contributed by atoms with Crippen LogP contribution in [0.15, 0.2) is 36.5 Å². The largest absolute Gasteiger partial charge is 0.490 e. The summed E-state index contributed by atoms with van der Waals surface area (Å²) in [5.41, 5.74) is 2.94. The Balaban J connectivity index is 2.51. The van der Waals surface area contributed by atoms with Gasteiger partial charge in [0.25, 0.3) is 0 Å². The maximum absolute atomic E-state index is 9.02. The highest BCUT2D eigenvalue weighted by molar-refractivity contribution is 6.59. The highest BCUT2D eigenvalue weighted by Gasteiger charge is 2.15. The van der Waals surface area contributed by atoms with Crippen LogP contribution in [0.4, 0.5) is 0 Å². The molecule has 0 saturated heterocycles. The van der Waals surface area contributed by atoms with Gasteiger partial charge in [-0.3, -0.25) is 4.98 Å². The standard InChI is InChI=1S/C12H11BClNO2/c1-8-4-2-3-5-10(8)12-11(14)6-9(7-15-12)13(16)17/h2-7,16-17H,1H3. The van der Waals surface area contributed by atoms with Crippen LogP contribution in [0.5, 0.6) is 0 Å². The number of pyridine rings is 1. The summed E-state index contributed by atoms with van der Waals surface area (Å²) in [6.45, 7) is 1.97. The summed E-state index contributed by atoms with van der Waals surface area (Å²) < 4.78 is 0. The lowest BCUT2D eigenvalue weighted by Gasteiger charge is -2.08. The molecule has 2 rings (SSSR count). The van der Waals surface area contributed by atoms with Gasteiger partial charge < -0.3 is 10.0 Å². The van der Waals surface area contributed by atoms with Gasteiger partial charge >= 0.3 is 7.12 Å². The maximum atomic E-state index is 9.02. The van der Waals surface area contributed by atoms with Gasteiger partial charge in [0.2, 0.25) is 0 Å². The van der Waals surface area contributed by atoms with Crippen LogP contribution in [0, 0.1) is 6.92 Å². The molecule has 2 aromatic rings. The Labute approximate surface area is 105 Å². The number of aryl methyl sites for hydroxylation is 1. The van der Waals surface area contributed by atoms with Crippen LogP contribution in [-0.2, 0) is 0 Å². The second-order valence-corrected chi connectivity index (χ2v) is 4.19. The van der Waals surface area contributed by atoms with Crippen LogP contribution >= 0.6 is 11.6 Å². The van der Waals surface area contributed by atoms with Gasteiger partial charge in [-0.15, -0.1) is 0 Å². The fraction of sp³-hybridized carbons (Fsp3) is 0.0833. The van der Waals surface area contributed by atoms with Gasteiger partial charge in [0, 0.05) is 17.2 Å². The van der Waals surface area contributed by atoms with Crippen LogP contribution in [-0.4, -0.2) is 22.2 Å². The van der Waals surface area contributed by atoms with Crippen LogP contribution in [0.2, 0.25) is 5.02 Å². The van der Waals surface area contributed by atoms with Crippen molar-refractivity contribution in [2.75, 3.05) is 0 Å². The zero-order chi connectivity index (χ0) is 12.4. The fourth-order valence-electron chi connectivity index (χ4n) is 1.63. The topological polar surface area (TPSA) is 53.4 Å². The molecule has 86 valence electrons. The maximum Gasteiger partial charge on any atom is 0.490 e. The molecule has 0 radical (unpaired) electrons. The molecule has 1 heterocycles. The van der Waals surface area contributed by atoms with Crippen LogP contribution < -0.4 is 5.46 Å². The SMILES string of the molecule is Cc1ccccc1-c1ncc(B(O)O)cc1Cl. The number of hydrogen-bond acceptors (Lipinski definition) is 3. The Bertz CT molecular complexity index is 546. The third kappa shape index (κ3) is 2.49. The van der Waals surface area contributed by atoms with Crippen molar-refractivity contribution in [2.24, 2.45) is 0 Å².